The summed E-state index contributed by atoms with van der Waals surface area (Å²) in [7, 11) is 0. The maximum Gasteiger partial charge on any atom is 0.329 e. The molecule has 132 valence electrons. The lowest BCUT2D eigenvalue weighted by atomic mass is 9.90. The second kappa shape index (κ2) is 7.04. The van der Waals surface area contributed by atoms with E-state index in [9.17, 15) is 19.1 Å². The van der Waals surface area contributed by atoms with Crippen LogP contribution in [0.25, 0.3) is 5.69 Å². The van der Waals surface area contributed by atoms with Gasteiger partial charge in [0.2, 0.25) is 0 Å². The van der Waals surface area contributed by atoms with Crippen LogP contribution in [0.3, 0.4) is 0 Å². The molecule has 2 aromatic rings. The first-order valence-corrected chi connectivity index (χ1v) is 8.38. The van der Waals surface area contributed by atoms with E-state index < -0.39 is 17.4 Å². The summed E-state index contributed by atoms with van der Waals surface area (Å²) in [5.41, 5.74) is -0.482. The maximum absolute atomic E-state index is 13.0. The van der Waals surface area contributed by atoms with Crippen molar-refractivity contribution in [2.24, 2.45) is 0 Å². The standard InChI is InChI=1S/C18H20FN3O3/c19-13-5-7-14(8-6-13)22-12-9-15(21-22)16(23)20-18(17(24)25)10-3-1-2-4-11-18/h5-9,12H,1-4,10-11H2,(H,20,23)(H,24,25). The number of aromatic nitrogens is 2. The molecule has 0 bridgehead atoms. The van der Waals surface area contributed by atoms with E-state index in [1.165, 1.54) is 22.9 Å². The quantitative estimate of drug-likeness (QED) is 0.835. The molecule has 2 N–H and O–H groups in total. The molecule has 1 aromatic heterocycles. The van der Waals surface area contributed by atoms with E-state index in [-0.39, 0.29) is 11.5 Å². The van der Waals surface area contributed by atoms with Crippen LogP contribution in [0.5, 0.6) is 0 Å². The topological polar surface area (TPSA) is 84.2 Å². The molecule has 1 saturated carbocycles. The van der Waals surface area contributed by atoms with Crippen LogP contribution in [0.15, 0.2) is 36.5 Å². The fourth-order valence-corrected chi connectivity index (χ4v) is 3.19. The first-order valence-electron chi connectivity index (χ1n) is 8.38. The van der Waals surface area contributed by atoms with Gasteiger partial charge in [0.05, 0.1) is 5.69 Å². The van der Waals surface area contributed by atoms with Gasteiger partial charge in [0, 0.05) is 6.20 Å². The van der Waals surface area contributed by atoms with Gasteiger partial charge in [-0.25, -0.2) is 13.9 Å². The van der Waals surface area contributed by atoms with Crippen LogP contribution in [0.1, 0.15) is 49.0 Å². The normalized spacial score (nSPS) is 16.8. The Bertz CT molecular complexity index is 762. The number of carbonyl (C=O) groups excluding carboxylic acids is 1. The Morgan fingerprint density at radius 2 is 1.72 bits per heavy atom. The van der Waals surface area contributed by atoms with Crippen LogP contribution in [-0.4, -0.2) is 32.3 Å². The Morgan fingerprint density at radius 1 is 1.08 bits per heavy atom. The van der Waals surface area contributed by atoms with Crippen LogP contribution in [0.2, 0.25) is 0 Å². The van der Waals surface area contributed by atoms with Crippen molar-refractivity contribution in [2.45, 2.75) is 44.1 Å². The van der Waals surface area contributed by atoms with Crippen molar-refractivity contribution in [3.63, 3.8) is 0 Å². The van der Waals surface area contributed by atoms with Gasteiger partial charge in [0.25, 0.3) is 5.91 Å². The number of carbonyl (C=O) groups is 2. The molecule has 0 spiro atoms. The Kier molecular flexibility index (Phi) is 4.83. The minimum Gasteiger partial charge on any atom is -0.480 e. The molecule has 25 heavy (non-hydrogen) atoms. The molecule has 1 amide bonds. The molecule has 0 aliphatic heterocycles. The summed E-state index contributed by atoms with van der Waals surface area (Å²) in [6, 6.07) is 7.23. The molecule has 1 aliphatic carbocycles. The third kappa shape index (κ3) is 3.70. The molecule has 0 saturated heterocycles. The minimum atomic E-state index is -1.23. The molecular formula is C18H20FN3O3. The summed E-state index contributed by atoms with van der Waals surface area (Å²) in [5.74, 6) is -1.86. The van der Waals surface area contributed by atoms with E-state index in [0.29, 0.717) is 18.5 Å². The Balaban J connectivity index is 1.78. The molecule has 3 rings (SSSR count). The van der Waals surface area contributed by atoms with Crippen molar-refractivity contribution in [2.75, 3.05) is 0 Å². The zero-order valence-electron chi connectivity index (χ0n) is 13.7. The highest BCUT2D eigenvalue weighted by atomic mass is 19.1. The molecule has 1 fully saturated rings. The summed E-state index contributed by atoms with van der Waals surface area (Å²) >= 11 is 0. The van der Waals surface area contributed by atoms with E-state index in [1.807, 2.05) is 0 Å². The zero-order chi connectivity index (χ0) is 17.9. The number of amides is 1. The molecule has 1 aliphatic rings. The number of hydrogen-bond donors (Lipinski definition) is 2. The number of benzene rings is 1. The number of carboxylic acid groups (broad SMARTS) is 1. The Hall–Kier alpha value is -2.70. The monoisotopic (exact) mass is 345 g/mol. The van der Waals surface area contributed by atoms with Gasteiger partial charge in [0.1, 0.15) is 11.4 Å². The highest BCUT2D eigenvalue weighted by Crippen LogP contribution is 2.28. The van der Waals surface area contributed by atoms with Crippen molar-refractivity contribution in [3.8, 4) is 5.69 Å². The van der Waals surface area contributed by atoms with E-state index in [1.54, 1.807) is 18.3 Å². The number of carboxylic acids is 1. The van der Waals surface area contributed by atoms with Crippen molar-refractivity contribution in [3.05, 3.63) is 48.0 Å². The third-order valence-corrected chi connectivity index (χ3v) is 4.63. The number of halogens is 1. The van der Waals surface area contributed by atoms with Crippen LogP contribution in [-0.2, 0) is 4.79 Å². The largest absolute Gasteiger partial charge is 0.480 e. The van der Waals surface area contributed by atoms with Crippen molar-refractivity contribution < 1.29 is 19.1 Å². The second-order valence-corrected chi connectivity index (χ2v) is 6.38. The van der Waals surface area contributed by atoms with Gasteiger partial charge >= 0.3 is 5.97 Å². The highest BCUT2D eigenvalue weighted by Gasteiger charge is 2.40. The first-order chi connectivity index (χ1) is 12.0. The van der Waals surface area contributed by atoms with Gasteiger partial charge < -0.3 is 10.4 Å². The summed E-state index contributed by atoms with van der Waals surface area (Å²) in [4.78, 5) is 24.3. The van der Waals surface area contributed by atoms with Crippen LogP contribution in [0, 0.1) is 5.82 Å². The lowest BCUT2D eigenvalue weighted by Gasteiger charge is -2.28. The summed E-state index contributed by atoms with van der Waals surface area (Å²) in [5, 5.41) is 16.5. The van der Waals surface area contributed by atoms with Gasteiger partial charge in [-0.05, 0) is 43.2 Å². The van der Waals surface area contributed by atoms with Gasteiger partial charge in [-0.1, -0.05) is 25.7 Å². The van der Waals surface area contributed by atoms with Gasteiger partial charge in [0.15, 0.2) is 5.69 Å². The minimum absolute atomic E-state index is 0.134. The van der Waals surface area contributed by atoms with Gasteiger partial charge in [-0.2, -0.15) is 5.10 Å². The lowest BCUT2D eigenvalue weighted by Crippen LogP contribution is -2.54. The Morgan fingerprint density at radius 3 is 2.32 bits per heavy atom. The fraction of sp³-hybridized carbons (Fsp3) is 0.389. The molecule has 0 unspecified atom stereocenters. The predicted octanol–water partition coefficient (Wildman–Crippen LogP) is 2.92. The molecule has 0 radical (unpaired) electrons. The van der Waals surface area contributed by atoms with E-state index in [0.717, 1.165) is 25.7 Å². The van der Waals surface area contributed by atoms with Crippen molar-refractivity contribution in [1.82, 2.24) is 15.1 Å². The number of aliphatic carboxylic acids is 1. The van der Waals surface area contributed by atoms with Gasteiger partial charge in [-0.3, -0.25) is 4.79 Å². The van der Waals surface area contributed by atoms with Crippen LogP contribution >= 0.6 is 0 Å². The number of nitrogens with one attached hydrogen (secondary N) is 1. The SMILES string of the molecule is O=C(NC1(C(=O)O)CCCCCC1)c1ccn(-c2ccc(F)cc2)n1. The predicted molar refractivity (Wildman–Crippen MR) is 89.1 cm³/mol. The average Bonchev–Trinajstić information content (AvgIpc) is 2.96. The molecule has 1 heterocycles. The van der Waals surface area contributed by atoms with Crippen molar-refractivity contribution >= 4 is 11.9 Å². The van der Waals surface area contributed by atoms with Crippen LogP contribution < -0.4 is 5.32 Å². The van der Waals surface area contributed by atoms with Crippen molar-refractivity contribution in [1.29, 1.82) is 0 Å². The number of nitrogens with zero attached hydrogens (tertiary/aromatic N) is 2. The summed E-state index contributed by atoms with van der Waals surface area (Å²) < 4.78 is 14.5. The third-order valence-electron chi connectivity index (χ3n) is 4.63. The maximum atomic E-state index is 13.0. The number of rotatable bonds is 4. The second-order valence-electron chi connectivity index (χ2n) is 6.38. The van der Waals surface area contributed by atoms with E-state index in [2.05, 4.69) is 10.4 Å². The first kappa shape index (κ1) is 17.1. The average molecular weight is 345 g/mol. The van der Waals surface area contributed by atoms with Crippen LogP contribution in [0.4, 0.5) is 4.39 Å². The highest BCUT2D eigenvalue weighted by molar-refractivity contribution is 5.96. The smallest absolute Gasteiger partial charge is 0.329 e. The van der Waals surface area contributed by atoms with E-state index in [4.69, 9.17) is 0 Å². The molecular weight excluding hydrogens is 325 g/mol. The molecule has 6 nitrogen and oxygen atoms in total. The summed E-state index contributed by atoms with van der Waals surface area (Å²) in [6.07, 6.45) is 5.93. The Labute approximate surface area is 144 Å². The van der Waals surface area contributed by atoms with E-state index >= 15 is 0 Å². The van der Waals surface area contributed by atoms with Gasteiger partial charge in [-0.15, -0.1) is 0 Å². The molecule has 1 aromatic carbocycles. The molecule has 0 atom stereocenters. The zero-order valence-corrected chi connectivity index (χ0v) is 13.7. The molecule has 7 heteroatoms. The summed E-state index contributed by atoms with van der Waals surface area (Å²) in [6.45, 7) is 0. The lowest BCUT2D eigenvalue weighted by molar-refractivity contribution is -0.145. The number of hydrogen-bond acceptors (Lipinski definition) is 3. The fourth-order valence-electron chi connectivity index (χ4n) is 3.19.